The van der Waals surface area contributed by atoms with Crippen molar-refractivity contribution in [2.24, 2.45) is 0 Å². The first-order valence-corrected chi connectivity index (χ1v) is 6.86. The zero-order valence-electron chi connectivity index (χ0n) is 11.5. The smallest absolute Gasteiger partial charge is 0.309 e. The first kappa shape index (κ1) is 15.9. The standard InChI is InChI=1S/C16H15ClF3N/c1-11-6-7-13(15(17)8-11)10-21-9-12-4-2-3-5-14(12)16(18,19)20/h2-8,21H,9-10H2,1H3. The van der Waals surface area contributed by atoms with Gasteiger partial charge in [0.2, 0.25) is 0 Å². The van der Waals surface area contributed by atoms with Gasteiger partial charge < -0.3 is 5.32 Å². The van der Waals surface area contributed by atoms with E-state index in [0.29, 0.717) is 11.6 Å². The highest BCUT2D eigenvalue weighted by Gasteiger charge is 2.32. The Morgan fingerprint density at radius 1 is 1.00 bits per heavy atom. The fourth-order valence-electron chi connectivity index (χ4n) is 2.08. The van der Waals surface area contributed by atoms with Crippen molar-refractivity contribution in [3.63, 3.8) is 0 Å². The summed E-state index contributed by atoms with van der Waals surface area (Å²) < 4.78 is 38.6. The molecule has 1 nitrogen and oxygen atoms in total. The number of rotatable bonds is 4. The average Bonchev–Trinajstić information content (AvgIpc) is 2.41. The molecule has 0 heterocycles. The number of nitrogens with one attached hydrogen (secondary N) is 1. The molecule has 21 heavy (non-hydrogen) atoms. The molecule has 0 aliphatic heterocycles. The Hall–Kier alpha value is -1.52. The van der Waals surface area contributed by atoms with E-state index in [-0.39, 0.29) is 12.1 Å². The highest BCUT2D eigenvalue weighted by Crippen LogP contribution is 2.31. The van der Waals surface area contributed by atoms with Crippen molar-refractivity contribution in [3.8, 4) is 0 Å². The summed E-state index contributed by atoms with van der Waals surface area (Å²) in [4.78, 5) is 0. The molecule has 0 radical (unpaired) electrons. The predicted molar refractivity (Wildman–Crippen MR) is 78.2 cm³/mol. The van der Waals surface area contributed by atoms with Gasteiger partial charge in [0.25, 0.3) is 0 Å². The lowest BCUT2D eigenvalue weighted by molar-refractivity contribution is -0.138. The Morgan fingerprint density at radius 2 is 1.67 bits per heavy atom. The topological polar surface area (TPSA) is 12.0 Å². The summed E-state index contributed by atoms with van der Waals surface area (Å²) in [5.41, 5.74) is 1.54. The summed E-state index contributed by atoms with van der Waals surface area (Å²) >= 11 is 6.10. The number of alkyl halides is 3. The molecule has 0 fully saturated rings. The maximum Gasteiger partial charge on any atom is 0.416 e. The maximum atomic E-state index is 12.9. The molecule has 0 aliphatic carbocycles. The van der Waals surface area contributed by atoms with Crippen LogP contribution in [0.5, 0.6) is 0 Å². The van der Waals surface area contributed by atoms with Crippen LogP contribution in [0.1, 0.15) is 22.3 Å². The third-order valence-corrected chi connectivity index (χ3v) is 3.51. The van der Waals surface area contributed by atoms with Gasteiger partial charge in [-0.3, -0.25) is 0 Å². The lowest BCUT2D eigenvalue weighted by Crippen LogP contribution is -2.17. The molecule has 0 atom stereocenters. The van der Waals surface area contributed by atoms with Crippen LogP contribution < -0.4 is 5.32 Å². The number of hydrogen-bond donors (Lipinski definition) is 1. The molecule has 0 unspecified atom stereocenters. The monoisotopic (exact) mass is 313 g/mol. The van der Waals surface area contributed by atoms with Gasteiger partial charge in [-0.15, -0.1) is 0 Å². The highest BCUT2D eigenvalue weighted by atomic mass is 35.5. The van der Waals surface area contributed by atoms with Crippen molar-refractivity contribution in [1.29, 1.82) is 0 Å². The van der Waals surface area contributed by atoms with E-state index in [9.17, 15) is 13.2 Å². The van der Waals surface area contributed by atoms with E-state index >= 15 is 0 Å². The van der Waals surface area contributed by atoms with Crippen LogP contribution in [-0.4, -0.2) is 0 Å². The fourth-order valence-corrected chi connectivity index (χ4v) is 2.38. The molecule has 0 aliphatic rings. The minimum absolute atomic E-state index is 0.139. The average molecular weight is 314 g/mol. The Balaban J connectivity index is 2.04. The molecule has 5 heteroatoms. The van der Waals surface area contributed by atoms with E-state index < -0.39 is 11.7 Å². The van der Waals surface area contributed by atoms with Crippen LogP contribution in [0.4, 0.5) is 13.2 Å². The van der Waals surface area contributed by atoms with Gasteiger partial charge in [0.05, 0.1) is 5.56 Å². The molecule has 0 saturated carbocycles. The molecule has 112 valence electrons. The fraction of sp³-hybridized carbons (Fsp3) is 0.250. The molecule has 0 bridgehead atoms. The summed E-state index contributed by atoms with van der Waals surface area (Å²) in [5, 5.41) is 3.62. The Kier molecular flexibility index (Phi) is 4.91. The molecule has 0 aromatic heterocycles. The van der Waals surface area contributed by atoms with Crippen LogP contribution in [0.15, 0.2) is 42.5 Å². The Labute approximate surface area is 126 Å². The second kappa shape index (κ2) is 6.50. The first-order valence-electron chi connectivity index (χ1n) is 6.49. The van der Waals surface area contributed by atoms with Crippen molar-refractivity contribution in [2.75, 3.05) is 0 Å². The molecule has 2 rings (SSSR count). The van der Waals surface area contributed by atoms with Gasteiger partial charge >= 0.3 is 6.18 Å². The van der Waals surface area contributed by atoms with Crippen molar-refractivity contribution in [2.45, 2.75) is 26.2 Å². The second-order valence-electron chi connectivity index (χ2n) is 4.85. The molecule has 0 saturated heterocycles. The van der Waals surface area contributed by atoms with E-state index in [0.717, 1.165) is 17.2 Å². The van der Waals surface area contributed by atoms with Gasteiger partial charge in [-0.1, -0.05) is 41.9 Å². The molecule has 0 amide bonds. The van der Waals surface area contributed by atoms with Crippen molar-refractivity contribution < 1.29 is 13.2 Å². The summed E-state index contributed by atoms with van der Waals surface area (Å²) in [7, 11) is 0. The number of hydrogen-bond acceptors (Lipinski definition) is 1. The SMILES string of the molecule is Cc1ccc(CNCc2ccccc2C(F)(F)F)c(Cl)c1. The number of aryl methyl sites for hydroxylation is 1. The van der Waals surface area contributed by atoms with E-state index in [1.807, 2.05) is 25.1 Å². The molecule has 1 N–H and O–H groups in total. The van der Waals surface area contributed by atoms with Crippen LogP contribution in [0.25, 0.3) is 0 Å². The van der Waals surface area contributed by atoms with Gasteiger partial charge in [-0.25, -0.2) is 0 Å². The minimum atomic E-state index is -4.33. The predicted octanol–water partition coefficient (Wildman–Crippen LogP) is 4.96. The largest absolute Gasteiger partial charge is 0.416 e. The Bertz CT molecular complexity index is 623. The highest BCUT2D eigenvalue weighted by molar-refractivity contribution is 6.31. The maximum absolute atomic E-state index is 12.9. The third kappa shape index (κ3) is 4.22. The van der Waals surface area contributed by atoms with Crippen molar-refractivity contribution in [1.82, 2.24) is 5.32 Å². The lowest BCUT2D eigenvalue weighted by atomic mass is 10.1. The normalized spacial score (nSPS) is 11.7. The van der Waals surface area contributed by atoms with Crippen LogP contribution in [-0.2, 0) is 19.3 Å². The van der Waals surface area contributed by atoms with Crippen molar-refractivity contribution in [3.05, 3.63) is 69.7 Å². The van der Waals surface area contributed by atoms with E-state index in [1.165, 1.54) is 12.1 Å². The zero-order valence-corrected chi connectivity index (χ0v) is 12.2. The van der Waals surface area contributed by atoms with Crippen LogP contribution in [0, 0.1) is 6.92 Å². The Morgan fingerprint density at radius 3 is 2.33 bits per heavy atom. The van der Waals surface area contributed by atoms with E-state index in [4.69, 9.17) is 11.6 Å². The van der Waals surface area contributed by atoms with Gasteiger partial charge in [0, 0.05) is 18.1 Å². The summed E-state index contributed by atoms with van der Waals surface area (Å²) in [6.45, 7) is 2.49. The second-order valence-corrected chi connectivity index (χ2v) is 5.26. The summed E-state index contributed by atoms with van der Waals surface area (Å²) in [6.07, 6.45) is -4.33. The molecular formula is C16H15ClF3N. The molecular weight excluding hydrogens is 299 g/mol. The number of halogens is 4. The van der Waals surface area contributed by atoms with Gasteiger partial charge in [-0.05, 0) is 35.7 Å². The zero-order chi connectivity index (χ0) is 15.5. The van der Waals surface area contributed by atoms with E-state index in [2.05, 4.69) is 5.32 Å². The summed E-state index contributed by atoms with van der Waals surface area (Å²) in [6, 6.07) is 11.2. The van der Waals surface area contributed by atoms with Gasteiger partial charge in [0.1, 0.15) is 0 Å². The minimum Gasteiger partial charge on any atom is -0.309 e. The van der Waals surface area contributed by atoms with Gasteiger partial charge in [-0.2, -0.15) is 13.2 Å². The van der Waals surface area contributed by atoms with Crippen molar-refractivity contribution >= 4 is 11.6 Å². The van der Waals surface area contributed by atoms with Crippen LogP contribution >= 0.6 is 11.6 Å². The van der Waals surface area contributed by atoms with E-state index in [1.54, 1.807) is 6.07 Å². The molecule has 0 spiro atoms. The quantitative estimate of drug-likeness (QED) is 0.841. The van der Waals surface area contributed by atoms with Gasteiger partial charge in [0.15, 0.2) is 0 Å². The lowest BCUT2D eigenvalue weighted by Gasteiger charge is -2.13. The number of benzene rings is 2. The summed E-state index contributed by atoms with van der Waals surface area (Å²) in [5.74, 6) is 0. The molecule has 2 aromatic rings. The first-order chi connectivity index (χ1) is 9.88. The third-order valence-electron chi connectivity index (χ3n) is 3.16. The van der Waals surface area contributed by atoms with Crippen LogP contribution in [0.3, 0.4) is 0 Å². The van der Waals surface area contributed by atoms with Crippen LogP contribution in [0.2, 0.25) is 5.02 Å². The molecule has 2 aromatic carbocycles.